The summed E-state index contributed by atoms with van der Waals surface area (Å²) in [6.45, 7) is 1.61. The van der Waals surface area contributed by atoms with E-state index in [1.807, 2.05) is 30.5 Å². The molecular weight excluding hydrogens is 376 g/mol. The molecule has 0 bridgehead atoms. The van der Waals surface area contributed by atoms with Crippen molar-refractivity contribution in [2.75, 3.05) is 26.0 Å². The van der Waals surface area contributed by atoms with Crippen molar-refractivity contribution in [2.24, 2.45) is 0 Å². The number of hydrogen-bond acceptors (Lipinski definition) is 5. The smallest absolute Gasteiger partial charge is 0.274 e. The highest BCUT2D eigenvalue weighted by Gasteiger charge is 2.34. The molecule has 148 valence electrons. The monoisotopic (exact) mass is 400 g/mol. The van der Waals surface area contributed by atoms with Crippen molar-refractivity contribution in [3.05, 3.63) is 46.8 Å². The Kier molecular flexibility index (Phi) is 5.41. The van der Waals surface area contributed by atoms with Crippen molar-refractivity contribution in [1.29, 1.82) is 0 Å². The molecule has 1 aromatic carbocycles. The summed E-state index contributed by atoms with van der Waals surface area (Å²) in [5.41, 5.74) is 2.82. The molecule has 2 aromatic rings. The molecule has 2 aliphatic rings. The molecule has 0 saturated carbocycles. The number of aliphatic hydroxyl groups is 1. The van der Waals surface area contributed by atoms with Crippen LogP contribution in [0.15, 0.2) is 29.2 Å². The zero-order chi connectivity index (χ0) is 19.7. The Labute approximate surface area is 168 Å². The van der Waals surface area contributed by atoms with Gasteiger partial charge in [0.15, 0.2) is 5.69 Å². The first-order valence-electron chi connectivity index (χ1n) is 9.53. The normalized spacial score (nSPS) is 19.0. The van der Waals surface area contributed by atoms with Gasteiger partial charge in [-0.15, -0.1) is 11.8 Å². The maximum Gasteiger partial charge on any atom is 0.274 e. The summed E-state index contributed by atoms with van der Waals surface area (Å²) in [6.07, 6.45) is 4.33. The molecule has 0 spiro atoms. The fourth-order valence-electron chi connectivity index (χ4n) is 4.01. The van der Waals surface area contributed by atoms with Crippen molar-refractivity contribution < 1.29 is 14.7 Å². The zero-order valence-electron chi connectivity index (χ0n) is 15.9. The summed E-state index contributed by atoms with van der Waals surface area (Å²) in [7, 11) is 0. The minimum Gasteiger partial charge on any atom is -0.394 e. The Hall–Kier alpha value is -2.32. The van der Waals surface area contributed by atoms with Gasteiger partial charge < -0.3 is 14.9 Å². The summed E-state index contributed by atoms with van der Waals surface area (Å²) in [4.78, 5) is 30.4. The van der Waals surface area contributed by atoms with Crippen LogP contribution in [0.3, 0.4) is 0 Å². The molecule has 0 unspecified atom stereocenters. The number of benzene rings is 1. The summed E-state index contributed by atoms with van der Waals surface area (Å²) in [5, 5.41) is 16.7. The van der Waals surface area contributed by atoms with Crippen LogP contribution < -0.4 is 0 Å². The number of thioether (sulfide) groups is 1. The predicted octanol–water partition coefficient (Wildman–Crippen LogP) is 1.93. The van der Waals surface area contributed by atoms with Crippen LogP contribution in [0.5, 0.6) is 0 Å². The SMILES string of the molecule is CSc1ccc(C(=O)N2CCc3c(C(=O)N4CCC[C@@H]4CO)n[nH]c3C2)cc1. The molecule has 2 N–H and O–H groups in total. The van der Waals surface area contributed by atoms with Crippen LogP contribution >= 0.6 is 11.8 Å². The van der Waals surface area contributed by atoms with Gasteiger partial charge in [0.1, 0.15) is 0 Å². The van der Waals surface area contributed by atoms with Crippen LogP contribution in [0.25, 0.3) is 0 Å². The van der Waals surface area contributed by atoms with Crippen LogP contribution in [0.1, 0.15) is 44.9 Å². The zero-order valence-corrected chi connectivity index (χ0v) is 16.7. The fourth-order valence-corrected chi connectivity index (χ4v) is 4.42. The van der Waals surface area contributed by atoms with Gasteiger partial charge in [-0.25, -0.2) is 0 Å². The topological polar surface area (TPSA) is 89.5 Å². The first-order valence-corrected chi connectivity index (χ1v) is 10.8. The quantitative estimate of drug-likeness (QED) is 0.766. The Morgan fingerprint density at radius 2 is 2.04 bits per heavy atom. The van der Waals surface area contributed by atoms with Gasteiger partial charge in [0.2, 0.25) is 0 Å². The number of aromatic amines is 1. The maximum absolute atomic E-state index is 12.9. The van der Waals surface area contributed by atoms with E-state index in [9.17, 15) is 14.7 Å². The second-order valence-corrected chi connectivity index (χ2v) is 8.09. The van der Waals surface area contributed by atoms with E-state index in [0.29, 0.717) is 37.3 Å². The van der Waals surface area contributed by atoms with Crippen LogP contribution in [0.2, 0.25) is 0 Å². The largest absolute Gasteiger partial charge is 0.394 e. The second kappa shape index (κ2) is 7.97. The van der Waals surface area contributed by atoms with E-state index in [1.165, 1.54) is 0 Å². The minimum absolute atomic E-state index is 0.0133. The number of carbonyl (C=O) groups excluding carboxylic acids is 2. The molecular formula is C20H24N4O3S. The number of rotatable bonds is 4. The number of fused-ring (bicyclic) bond motifs is 1. The molecule has 0 aliphatic carbocycles. The first kappa shape index (κ1) is 19.0. The van der Waals surface area contributed by atoms with Gasteiger partial charge in [-0.2, -0.15) is 5.10 Å². The molecule has 28 heavy (non-hydrogen) atoms. The van der Waals surface area contributed by atoms with Gasteiger partial charge in [0, 0.05) is 29.1 Å². The third kappa shape index (κ3) is 3.42. The Bertz CT molecular complexity index is 880. The number of amides is 2. The summed E-state index contributed by atoms with van der Waals surface area (Å²) in [5.74, 6) is -0.137. The molecule has 4 rings (SSSR count). The van der Waals surface area contributed by atoms with Crippen molar-refractivity contribution in [3.63, 3.8) is 0 Å². The highest BCUT2D eigenvalue weighted by atomic mass is 32.2. The molecule has 1 atom stereocenters. The average Bonchev–Trinajstić information content (AvgIpc) is 3.39. The van der Waals surface area contributed by atoms with E-state index >= 15 is 0 Å². The standard InChI is InChI=1S/C20H24N4O3S/c1-28-15-6-4-13(5-7-15)19(26)23-10-8-16-17(11-23)21-22-18(16)20(27)24-9-2-3-14(24)12-25/h4-7,14,25H,2-3,8-12H2,1H3,(H,21,22)/t14-/m1/s1. The lowest BCUT2D eigenvalue weighted by molar-refractivity contribution is 0.0670. The molecule has 7 nitrogen and oxygen atoms in total. The lowest BCUT2D eigenvalue weighted by Crippen LogP contribution is -2.39. The summed E-state index contributed by atoms with van der Waals surface area (Å²) in [6, 6.07) is 7.50. The van der Waals surface area contributed by atoms with Crippen LogP contribution in [-0.2, 0) is 13.0 Å². The Morgan fingerprint density at radius 1 is 1.25 bits per heavy atom. The van der Waals surface area contributed by atoms with Crippen molar-refractivity contribution in [2.45, 2.75) is 36.7 Å². The van der Waals surface area contributed by atoms with E-state index in [0.717, 1.165) is 29.0 Å². The van der Waals surface area contributed by atoms with Crippen LogP contribution in [-0.4, -0.2) is 68.9 Å². The van der Waals surface area contributed by atoms with E-state index in [-0.39, 0.29) is 24.5 Å². The van der Waals surface area contributed by atoms with Crippen molar-refractivity contribution in [1.82, 2.24) is 20.0 Å². The van der Waals surface area contributed by atoms with Gasteiger partial charge in [-0.1, -0.05) is 0 Å². The minimum atomic E-state index is -0.124. The van der Waals surface area contributed by atoms with Gasteiger partial charge in [0.25, 0.3) is 11.8 Å². The molecule has 1 aromatic heterocycles. The van der Waals surface area contributed by atoms with E-state index in [2.05, 4.69) is 10.2 Å². The molecule has 0 radical (unpaired) electrons. The van der Waals surface area contributed by atoms with Crippen molar-refractivity contribution in [3.8, 4) is 0 Å². The lowest BCUT2D eigenvalue weighted by Gasteiger charge is -2.28. The molecule has 1 fully saturated rings. The van der Waals surface area contributed by atoms with E-state index in [4.69, 9.17) is 0 Å². The molecule has 3 heterocycles. The third-order valence-electron chi connectivity index (χ3n) is 5.61. The van der Waals surface area contributed by atoms with Crippen molar-refractivity contribution >= 4 is 23.6 Å². The Balaban J connectivity index is 1.49. The second-order valence-electron chi connectivity index (χ2n) is 7.21. The lowest BCUT2D eigenvalue weighted by atomic mass is 10.0. The third-order valence-corrected chi connectivity index (χ3v) is 6.35. The molecule has 2 amide bonds. The Morgan fingerprint density at radius 3 is 2.75 bits per heavy atom. The average molecular weight is 401 g/mol. The molecule has 8 heteroatoms. The number of likely N-dealkylation sites (tertiary alicyclic amines) is 1. The number of nitrogens with zero attached hydrogens (tertiary/aromatic N) is 3. The molecule has 1 saturated heterocycles. The number of aromatic nitrogens is 2. The number of aliphatic hydroxyl groups excluding tert-OH is 1. The van der Waals surface area contributed by atoms with Gasteiger partial charge in [-0.05, 0) is 49.8 Å². The predicted molar refractivity (Wildman–Crippen MR) is 106 cm³/mol. The highest BCUT2D eigenvalue weighted by molar-refractivity contribution is 7.98. The van der Waals surface area contributed by atoms with Crippen LogP contribution in [0.4, 0.5) is 0 Å². The van der Waals surface area contributed by atoms with E-state index in [1.54, 1.807) is 21.6 Å². The summed E-state index contributed by atoms with van der Waals surface area (Å²) >= 11 is 1.64. The fraction of sp³-hybridized carbons (Fsp3) is 0.450. The van der Waals surface area contributed by atoms with E-state index < -0.39 is 0 Å². The van der Waals surface area contributed by atoms with Gasteiger partial charge >= 0.3 is 0 Å². The number of hydrogen-bond donors (Lipinski definition) is 2. The van der Waals surface area contributed by atoms with Crippen LogP contribution in [0, 0.1) is 0 Å². The van der Waals surface area contributed by atoms with Gasteiger partial charge in [-0.3, -0.25) is 14.7 Å². The summed E-state index contributed by atoms with van der Waals surface area (Å²) < 4.78 is 0. The number of H-pyrrole nitrogens is 1. The molecule has 2 aliphatic heterocycles. The highest BCUT2D eigenvalue weighted by Crippen LogP contribution is 2.26. The number of carbonyl (C=O) groups is 2. The maximum atomic E-state index is 12.9. The first-order chi connectivity index (χ1) is 13.6. The van der Waals surface area contributed by atoms with Gasteiger partial charge in [0.05, 0.1) is 24.9 Å². The number of nitrogens with one attached hydrogen (secondary N) is 1.